The SMILES string of the molecule is c1ccc2c(c#1)c1cc(-c3nc(-c4cc(-c5ccccc5)cc(-c5ccccc5)c4)nc(-c4cc(-c5ccccc5)cc(-c5ccccc5)c4)n3)cc3c1n2-c1ccccc1C3(c1ccccc1)c1ccccc1. The van der Waals surface area contributed by atoms with Gasteiger partial charge < -0.3 is 4.57 Å². The van der Waals surface area contributed by atoms with Crippen LogP contribution in [0.3, 0.4) is 0 Å². The monoisotopic (exact) mass is 940 g/mol. The standard InChI is InChI=1S/C70H44N4/c1-7-23-47(24-8-1)51-39-52(48-25-9-2-10-26-48)42-55(41-51)67-71-68(56-43-53(49-27-11-3-12-28-49)40-54(44-56)50-29-13-4-14-30-50)73-69(72-67)57-45-61-60-35-19-21-37-64(60)74-65-38-22-20-36-62(65)70(63(46-57)66(61)74,58-31-15-5-16-32-58)59-33-17-6-18-34-59/h1-18,20-34,36-46H. The van der Waals surface area contributed by atoms with Crippen LogP contribution in [0.25, 0.3) is 106 Å². The molecule has 0 bridgehead atoms. The van der Waals surface area contributed by atoms with Gasteiger partial charge >= 0.3 is 0 Å². The van der Waals surface area contributed by atoms with Crippen molar-refractivity contribution in [1.29, 1.82) is 0 Å². The van der Waals surface area contributed by atoms with Gasteiger partial charge in [-0.05, 0) is 133 Å². The predicted molar refractivity (Wildman–Crippen MR) is 302 cm³/mol. The highest BCUT2D eigenvalue weighted by Crippen LogP contribution is 2.55. The third-order valence-corrected chi connectivity index (χ3v) is 14.7. The fourth-order valence-corrected chi connectivity index (χ4v) is 11.4. The minimum absolute atomic E-state index is 0.565. The van der Waals surface area contributed by atoms with Crippen LogP contribution in [-0.2, 0) is 5.41 Å². The van der Waals surface area contributed by atoms with Crippen LogP contribution in [0.2, 0.25) is 0 Å². The molecule has 0 spiro atoms. The van der Waals surface area contributed by atoms with Crippen molar-refractivity contribution < 1.29 is 0 Å². The molecular formula is C70H44N4. The van der Waals surface area contributed by atoms with Gasteiger partial charge in [0.15, 0.2) is 17.5 Å². The molecule has 0 amide bonds. The lowest BCUT2D eigenvalue weighted by molar-refractivity contribution is 0.728. The zero-order valence-electron chi connectivity index (χ0n) is 40.2. The van der Waals surface area contributed by atoms with Gasteiger partial charge in [0.1, 0.15) is 0 Å². The quantitative estimate of drug-likeness (QED) is 0.145. The molecule has 0 saturated carbocycles. The van der Waals surface area contributed by atoms with Gasteiger partial charge in [-0.1, -0.05) is 212 Å². The van der Waals surface area contributed by atoms with Crippen molar-refractivity contribution in [3.05, 3.63) is 301 Å². The number of aromatic nitrogens is 4. The van der Waals surface area contributed by atoms with Crippen LogP contribution >= 0.6 is 0 Å². The highest BCUT2D eigenvalue weighted by Gasteiger charge is 2.45. The maximum atomic E-state index is 5.61. The van der Waals surface area contributed by atoms with E-state index in [-0.39, 0.29) is 0 Å². The second-order valence-electron chi connectivity index (χ2n) is 19.0. The van der Waals surface area contributed by atoms with Crippen molar-refractivity contribution in [2.75, 3.05) is 0 Å². The average molecular weight is 941 g/mol. The van der Waals surface area contributed by atoms with Crippen LogP contribution in [0.15, 0.2) is 267 Å². The molecule has 1 aliphatic rings. The smallest absolute Gasteiger partial charge is 0.164 e. The Morgan fingerprint density at radius 3 is 1.15 bits per heavy atom. The molecule has 0 unspecified atom stereocenters. The van der Waals surface area contributed by atoms with Gasteiger partial charge in [-0.25, -0.2) is 15.0 Å². The molecule has 0 saturated heterocycles. The van der Waals surface area contributed by atoms with E-state index in [0.29, 0.717) is 17.5 Å². The van der Waals surface area contributed by atoms with E-state index in [1.54, 1.807) is 0 Å². The average Bonchev–Trinajstić information content (AvgIpc) is 3.95. The van der Waals surface area contributed by atoms with Crippen LogP contribution in [-0.4, -0.2) is 19.5 Å². The maximum Gasteiger partial charge on any atom is 0.164 e. The summed E-state index contributed by atoms with van der Waals surface area (Å²) in [5, 5.41) is 2.03. The molecule has 3 heterocycles. The first-order valence-electron chi connectivity index (χ1n) is 25.1. The van der Waals surface area contributed by atoms with Gasteiger partial charge in [-0.15, -0.1) is 0 Å². The van der Waals surface area contributed by atoms with Crippen molar-refractivity contribution in [3.8, 4) is 84.4 Å². The Morgan fingerprint density at radius 2 is 0.703 bits per heavy atom. The summed E-state index contributed by atoms with van der Waals surface area (Å²) in [7, 11) is 0. The van der Waals surface area contributed by atoms with E-state index in [4.69, 9.17) is 15.0 Å². The van der Waals surface area contributed by atoms with Crippen molar-refractivity contribution >= 4 is 21.8 Å². The molecule has 344 valence electrons. The fraction of sp³-hybridized carbons (Fsp3) is 0.0143. The Labute approximate surface area is 430 Å². The van der Waals surface area contributed by atoms with Gasteiger partial charge in [-0.3, -0.25) is 0 Å². The molecule has 0 fully saturated rings. The van der Waals surface area contributed by atoms with Crippen LogP contribution in [0.5, 0.6) is 0 Å². The minimum Gasteiger partial charge on any atom is -0.308 e. The third kappa shape index (κ3) is 7.13. The molecular weight excluding hydrogens is 897 g/mol. The zero-order valence-corrected chi connectivity index (χ0v) is 40.2. The molecule has 13 aromatic rings. The Morgan fingerprint density at radius 1 is 0.324 bits per heavy atom. The number of para-hydroxylation sites is 1. The molecule has 0 aliphatic carbocycles. The molecule has 0 radical (unpaired) electrons. The van der Waals surface area contributed by atoms with Crippen molar-refractivity contribution in [1.82, 2.24) is 19.5 Å². The number of hydrogen-bond donors (Lipinski definition) is 0. The Kier molecular flexibility index (Phi) is 10.3. The van der Waals surface area contributed by atoms with E-state index in [2.05, 4.69) is 278 Å². The van der Waals surface area contributed by atoms with Gasteiger partial charge in [0.25, 0.3) is 0 Å². The lowest BCUT2D eigenvalue weighted by Crippen LogP contribution is -2.35. The van der Waals surface area contributed by atoms with Crippen LogP contribution in [0.1, 0.15) is 22.3 Å². The normalized spacial score (nSPS) is 12.3. The highest BCUT2D eigenvalue weighted by atomic mass is 15.0. The van der Waals surface area contributed by atoms with Crippen LogP contribution < -0.4 is 0 Å². The summed E-state index contributed by atoms with van der Waals surface area (Å²) in [5.41, 5.74) is 18.6. The summed E-state index contributed by atoms with van der Waals surface area (Å²) >= 11 is 0. The lowest BCUT2D eigenvalue weighted by atomic mass is 9.63. The van der Waals surface area contributed by atoms with E-state index >= 15 is 0 Å². The first-order chi connectivity index (χ1) is 36.7. The summed E-state index contributed by atoms with van der Waals surface area (Å²) in [6, 6.07) is 102. The lowest BCUT2D eigenvalue weighted by Gasteiger charge is -2.42. The molecule has 74 heavy (non-hydrogen) atoms. The molecule has 4 nitrogen and oxygen atoms in total. The molecule has 2 aromatic heterocycles. The van der Waals surface area contributed by atoms with Gasteiger partial charge in [-0.2, -0.15) is 0 Å². The number of benzene rings is 10. The number of rotatable bonds is 9. The Balaban J connectivity index is 1.10. The molecule has 4 heteroatoms. The van der Waals surface area contributed by atoms with Crippen LogP contribution in [0.4, 0.5) is 0 Å². The topological polar surface area (TPSA) is 43.6 Å². The van der Waals surface area contributed by atoms with E-state index in [1.165, 1.54) is 16.7 Å². The van der Waals surface area contributed by atoms with Gasteiger partial charge in [0.2, 0.25) is 0 Å². The zero-order chi connectivity index (χ0) is 49.0. The summed E-state index contributed by atoms with van der Waals surface area (Å²) < 4.78 is 2.43. The van der Waals surface area contributed by atoms with Crippen molar-refractivity contribution in [2.45, 2.75) is 5.41 Å². The number of fused-ring (bicyclic) bond motifs is 5. The van der Waals surface area contributed by atoms with Crippen molar-refractivity contribution in [3.63, 3.8) is 0 Å². The molecule has 11 aromatic carbocycles. The van der Waals surface area contributed by atoms with E-state index in [0.717, 1.165) is 94.3 Å². The maximum absolute atomic E-state index is 5.61. The molecule has 0 N–H and O–H groups in total. The summed E-state index contributed by atoms with van der Waals surface area (Å²) in [4.78, 5) is 16.7. The summed E-state index contributed by atoms with van der Waals surface area (Å²) in [6.07, 6.45) is 0. The van der Waals surface area contributed by atoms with Crippen molar-refractivity contribution in [2.24, 2.45) is 0 Å². The van der Waals surface area contributed by atoms with E-state index in [9.17, 15) is 0 Å². The summed E-state index contributed by atoms with van der Waals surface area (Å²) in [6.45, 7) is 0. The Hall–Kier alpha value is -9.95. The molecule has 1 aliphatic heterocycles. The second kappa shape index (κ2) is 17.7. The summed E-state index contributed by atoms with van der Waals surface area (Å²) in [5.74, 6) is 1.71. The minimum atomic E-state index is -0.733. The van der Waals surface area contributed by atoms with Gasteiger partial charge in [0, 0.05) is 22.1 Å². The van der Waals surface area contributed by atoms with Gasteiger partial charge in [0.05, 0.1) is 27.5 Å². The first kappa shape index (κ1) is 42.9. The predicted octanol–water partition coefficient (Wildman–Crippen LogP) is 16.9. The fourth-order valence-electron chi connectivity index (χ4n) is 11.4. The highest BCUT2D eigenvalue weighted by molar-refractivity contribution is 6.13. The third-order valence-electron chi connectivity index (χ3n) is 14.7. The Bertz CT molecular complexity index is 3910. The number of nitrogens with zero attached hydrogens (tertiary/aromatic N) is 4. The largest absolute Gasteiger partial charge is 0.308 e. The molecule has 0 atom stereocenters. The molecule has 14 rings (SSSR count). The first-order valence-corrected chi connectivity index (χ1v) is 25.1. The van der Waals surface area contributed by atoms with E-state index in [1.807, 2.05) is 6.07 Å². The second-order valence-corrected chi connectivity index (χ2v) is 19.0. The van der Waals surface area contributed by atoms with Crippen LogP contribution in [0, 0.1) is 12.1 Å². The number of hydrogen-bond acceptors (Lipinski definition) is 3. The van der Waals surface area contributed by atoms with E-state index < -0.39 is 5.41 Å².